The Balaban J connectivity index is 4.58. The molecule has 5 unspecified atom stereocenters. The normalized spacial score (nSPS) is 14.8. The van der Waals surface area contributed by atoms with Crippen LogP contribution in [0, 0.1) is 0 Å². The lowest BCUT2D eigenvalue weighted by molar-refractivity contribution is -0.161. The quantitative estimate of drug-likeness (QED) is 0.0146. The van der Waals surface area contributed by atoms with Gasteiger partial charge in [0.2, 0.25) is 0 Å². The number of hydrogen-bond donors (Lipinski definition) is 4. The lowest BCUT2D eigenvalue weighted by Gasteiger charge is -2.21. The number of esters is 3. The Morgan fingerprint density at radius 2 is 0.505 bits per heavy atom. The van der Waals surface area contributed by atoms with Crippen molar-refractivity contribution in [1.82, 2.24) is 0 Å². The third kappa shape index (κ3) is 79.8. The minimum absolute atomic E-state index is 0.0603. The summed E-state index contributed by atoms with van der Waals surface area (Å²) in [6.45, 7) is 2.34. The first kappa shape index (κ1) is 99.9. The molecule has 0 heterocycles. The number of aliphatic hydroxyl groups excluding tert-OH is 2. The van der Waals surface area contributed by atoms with Gasteiger partial charge in [-0.1, -0.05) is 300 Å². The molecular formula is C87H144O16P2. The second kappa shape index (κ2) is 78.5. The molecule has 105 heavy (non-hydrogen) atoms. The molecule has 0 saturated carbocycles. The van der Waals surface area contributed by atoms with Gasteiger partial charge in [0.25, 0.3) is 0 Å². The molecule has 0 fully saturated rings. The van der Waals surface area contributed by atoms with Crippen molar-refractivity contribution in [1.29, 1.82) is 0 Å². The fraction of sp³-hybridized carbons (Fsp3) is 0.644. The zero-order chi connectivity index (χ0) is 76.6. The lowest BCUT2D eigenvalue weighted by atomic mass is 10.0. The van der Waals surface area contributed by atoms with E-state index in [1.807, 2.05) is 0 Å². The molecule has 0 aliphatic carbocycles. The van der Waals surface area contributed by atoms with Crippen LogP contribution in [0.15, 0.2) is 170 Å². The maximum absolute atomic E-state index is 13.0. The zero-order valence-corrected chi connectivity index (χ0v) is 67.1. The van der Waals surface area contributed by atoms with E-state index in [0.717, 1.165) is 141 Å². The number of aliphatic hydroxyl groups is 2. The summed E-state index contributed by atoms with van der Waals surface area (Å²) < 4.78 is 61.1. The Labute approximate surface area is 637 Å². The molecule has 0 bridgehead atoms. The molecule has 0 aromatic rings. The maximum atomic E-state index is 13.0. The SMILES string of the molecule is CC/C=C\C/C=C\C/C=C\C/C=C\C/C=C\C/C=C\CCCCC(=O)OCC(COP(=O)(O)OCC(O)COP(=O)(O)OCC(O)COC(=O)CCCCCCCCCCCCCCCCC/C=C\C/C=C\C/C=C\C/C=C\CCCCC)OC(=O)CCCCCC/C=C\C/C=C\C/C=C\C/C=C\CC. The minimum Gasteiger partial charge on any atom is -0.463 e. The number of hydrogen-bond acceptors (Lipinski definition) is 14. The maximum Gasteiger partial charge on any atom is 0.472 e. The lowest BCUT2D eigenvalue weighted by Crippen LogP contribution is -2.30. The van der Waals surface area contributed by atoms with Crippen molar-refractivity contribution in [3.05, 3.63) is 170 Å². The predicted molar refractivity (Wildman–Crippen MR) is 435 cm³/mol. The Hall–Kier alpha value is -5.09. The largest absolute Gasteiger partial charge is 0.472 e. The van der Waals surface area contributed by atoms with Crippen LogP contribution < -0.4 is 0 Å². The van der Waals surface area contributed by atoms with Crippen LogP contribution in [-0.2, 0) is 55.8 Å². The summed E-state index contributed by atoms with van der Waals surface area (Å²) in [6.07, 6.45) is 99.8. The van der Waals surface area contributed by atoms with Crippen molar-refractivity contribution in [3.63, 3.8) is 0 Å². The van der Waals surface area contributed by atoms with Crippen molar-refractivity contribution in [2.75, 3.05) is 39.6 Å². The highest BCUT2D eigenvalue weighted by Crippen LogP contribution is 2.45. The summed E-state index contributed by atoms with van der Waals surface area (Å²) in [6, 6.07) is 0. The molecule has 0 aromatic carbocycles. The standard InChI is InChI=1S/C87H144O16P2/c1-4-7-10-13-16-19-22-25-28-31-33-35-36-37-38-39-40-41-42-43-44-46-48-50-52-55-58-61-64-67-70-73-85(90)97-76-82(88)77-99-104(93,94)100-78-83(89)79-101-105(95,96)102-81-84(103-87(92)75-72-69-66-63-60-57-54-49-30-27-24-21-18-15-12-9-6-3)80-98-86(91)74-71-68-65-62-59-56-53-51-47-45-34-32-29-26-23-20-17-14-11-8-5-2/h8-9,11-12,16-21,25-30,33-35,37-38,45,51,53-54,57,59,62,82-84,88-89H,4-7,10,13-15,22-24,31-32,36,39-44,46-50,52,55-56,58,60-61,63-81H2,1-3H3,(H,93,94)(H,95,96)/b11-8-,12-9-,19-16-,20-17-,21-18-,28-25-,29-26-,30-27-,35-33-,38-37-,45-34-,53-51-,57-54-,62-59-. The summed E-state index contributed by atoms with van der Waals surface area (Å²) in [5, 5.41) is 20.7. The molecule has 0 radical (unpaired) electrons. The van der Waals surface area contributed by atoms with Gasteiger partial charge >= 0.3 is 33.6 Å². The Kier molecular flexibility index (Phi) is 74.7. The number of rotatable bonds is 75. The first-order valence-electron chi connectivity index (χ1n) is 40.4. The van der Waals surface area contributed by atoms with Gasteiger partial charge in [-0.2, -0.15) is 0 Å². The first-order valence-corrected chi connectivity index (χ1v) is 43.4. The van der Waals surface area contributed by atoms with Gasteiger partial charge in [0.05, 0.1) is 26.4 Å². The second-order valence-corrected chi connectivity index (χ2v) is 29.4. The van der Waals surface area contributed by atoms with Crippen LogP contribution in [0.4, 0.5) is 0 Å². The molecular weight excluding hydrogens is 1360 g/mol. The Morgan fingerprint density at radius 1 is 0.276 bits per heavy atom. The van der Waals surface area contributed by atoms with Gasteiger partial charge in [-0.25, -0.2) is 9.13 Å². The fourth-order valence-corrected chi connectivity index (χ4v) is 11.9. The fourth-order valence-electron chi connectivity index (χ4n) is 10.3. The molecule has 0 aliphatic heterocycles. The third-order valence-corrected chi connectivity index (χ3v) is 18.3. The van der Waals surface area contributed by atoms with Gasteiger partial charge in [0.1, 0.15) is 25.4 Å². The van der Waals surface area contributed by atoms with E-state index in [9.17, 15) is 43.5 Å². The van der Waals surface area contributed by atoms with Gasteiger partial charge in [-0.15, -0.1) is 0 Å². The molecule has 4 N–H and O–H groups in total. The number of unbranched alkanes of at least 4 members (excludes halogenated alkanes) is 24. The highest BCUT2D eigenvalue weighted by Gasteiger charge is 2.29. The van der Waals surface area contributed by atoms with Crippen molar-refractivity contribution < 1.29 is 75.8 Å². The van der Waals surface area contributed by atoms with Crippen LogP contribution in [0.3, 0.4) is 0 Å². The number of carbonyl (C=O) groups excluding carboxylic acids is 3. The number of ether oxygens (including phenoxy) is 3. The van der Waals surface area contributed by atoms with Gasteiger partial charge in [-0.3, -0.25) is 32.5 Å². The van der Waals surface area contributed by atoms with E-state index >= 15 is 0 Å². The van der Waals surface area contributed by atoms with Crippen LogP contribution in [0.2, 0.25) is 0 Å². The number of phosphoric acid groups is 2. The molecule has 16 nitrogen and oxygen atoms in total. The van der Waals surface area contributed by atoms with Crippen molar-refractivity contribution in [3.8, 4) is 0 Å². The average Bonchev–Trinajstić information content (AvgIpc) is 0.915. The molecule has 598 valence electrons. The monoisotopic (exact) mass is 1510 g/mol. The zero-order valence-electron chi connectivity index (χ0n) is 65.3. The topological polar surface area (TPSA) is 231 Å². The van der Waals surface area contributed by atoms with E-state index in [2.05, 4.69) is 191 Å². The van der Waals surface area contributed by atoms with E-state index in [4.69, 9.17) is 32.3 Å². The van der Waals surface area contributed by atoms with Crippen LogP contribution in [0.1, 0.15) is 303 Å². The van der Waals surface area contributed by atoms with Gasteiger partial charge in [0.15, 0.2) is 6.10 Å². The van der Waals surface area contributed by atoms with Crippen LogP contribution in [0.5, 0.6) is 0 Å². The molecule has 0 spiro atoms. The van der Waals surface area contributed by atoms with E-state index < -0.39 is 91.5 Å². The Morgan fingerprint density at radius 3 is 0.819 bits per heavy atom. The van der Waals surface area contributed by atoms with Crippen molar-refractivity contribution in [2.24, 2.45) is 0 Å². The number of allylic oxidation sites excluding steroid dienone is 28. The van der Waals surface area contributed by atoms with Crippen LogP contribution in [0.25, 0.3) is 0 Å². The summed E-state index contributed by atoms with van der Waals surface area (Å²) in [4.78, 5) is 58.7. The van der Waals surface area contributed by atoms with Gasteiger partial charge < -0.3 is 34.2 Å². The van der Waals surface area contributed by atoms with Gasteiger partial charge in [0, 0.05) is 19.3 Å². The minimum atomic E-state index is -4.96. The predicted octanol–water partition coefficient (Wildman–Crippen LogP) is 24.0. The smallest absolute Gasteiger partial charge is 0.463 e. The summed E-state index contributed by atoms with van der Waals surface area (Å²) >= 11 is 0. The summed E-state index contributed by atoms with van der Waals surface area (Å²) in [7, 11) is -9.82. The van der Waals surface area contributed by atoms with Crippen LogP contribution in [-0.4, -0.2) is 95.9 Å². The molecule has 0 rings (SSSR count). The number of carbonyl (C=O) groups is 3. The van der Waals surface area contributed by atoms with E-state index in [-0.39, 0.29) is 19.3 Å². The van der Waals surface area contributed by atoms with Gasteiger partial charge in [-0.05, 0) is 154 Å². The van der Waals surface area contributed by atoms with Crippen LogP contribution >= 0.6 is 15.6 Å². The highest BCUT2D eigenvalue weighted by atomic mass is 31.2. The number of phosphoric ester groups is 2. The Bertz CT molecular complexity index is 2590. The van der Waals surface area contributed by atoms with Crippen molar-refractivity contribution in [2.45, 2.75) is 322 Å². The molecule has 18 heteroatoms. The third-order valence-electron chi connectivity index (χ3n) is 16.4. The highest BCUT2D eigenvalue weighted by molar-refractivity contribution is 7.47. The van der Waals surface area contributed by atoms with Crippen molar-refractivity contribution >= 4 is 33.6 Å². The molecule has 0 aromatic heterocycles. The summed E-state index contributed by atoms with van der Waals surface area (Å²) in [5.41, 5.74) is 0. The average molecular weight is 1510 g/mol. The molecule has 0 amide bonds. The molecule has 0 saturated heterocycles. The van der Waals surface area contributed by atoms with E-state index in [0.29, 0.717) is 19.3 Å². The van der Waals surface area contributed by atoms with E-state index in [1.165, 1.54) is 103 Å². The van der Waals surface area contributed by atoms with E-state index in [1.54, 1.807) is 0 Å². The molecule has 0 aliphatic rings. The molecule has 5 atom stereocenters. The summed E-state index contributed by atoms with van der Waals surface area (Å²) in [5.74, 6) is -1.66. The first-order chi connectivity index (χ1) is 51.2. The second-order valence-electron chi connectivity index (χ2n) is 26.5.